The highest BCUT2D eigenvalue weighted by atomic mass is 19.1. The Morgan fingerprint density at radius 1 is 0.857 bits per heavy atom. The SMILES string of the molecule is Cc1ccc(F)c(-c2cc3ccnc(-c4cc(C)c5ccccc5c4)c3o2)c1. The standard InChI is InChI=1S/C25H18FNO/c1-15-7-8-22(26)21(11-15)23-14-18-9-10-27-24(25(18)28-23)19-12-16(2)20-6-4-3-5-17(20)13-19/h3-14H,1-2H3. The molecule has 0 fully saturated rings. The third-order valence-electron chi connectivity index (χ3n) is 5.16. The fraction of sp³-hybridized carbons (Fsp3) is 0.0800. The summed E-state index contributed by atoms with van der Waals surface area (Å²) < 4.78 is 20.5. The molecular formula is C25H18FNO. The number of nitrogens with zero attached hydrogens (tertiary/aromatic N) is 1. The van der Waals surface area contributed by atoms with Gasteiger partial charge >= 0.3 is 0 Å². The molecule has 5 aromatic rings. The molecule has 5 rings (SSSR count). The van der Waals surface area contributed by atoms with E-state index in [9.17, 15) is 4.39 Å². The lowest BCUT2D eigenvalue weighted by Gasteiger charge is -2.07. The van der Waals surface area contributed by atoms with Crippen LogP contribution in [0.5, 0.6) is 0 Å². The molecular weight excluding hydrogens is 349 g/mol. The van der Waals surface area contributed by atoms with Crippen molar-refractivity contribution in [1.82, 2.24) is 4.98 Å². The molecule has 3 aromatic carbocycles. The molecule has 2 nitrogen and oxygen atoms in total. The normalized spacial score (nSPS) is 11.4. The Balaban J connectivity index is 1.73. The van der Waals surface area contributed by atoms with Crippen molar-refractivity contribution in [2.24, 2.45) is 0 Å². The number of aromatic nitrogens is 1. The smallest absolute Gasteiger partial charge is 0.161 e. The van der Waals surface area contributed by atoms with E-state index in [-0.39, 0.29) is 5.82 Å². The lowest BCUT2D eigenvalue weighted by molar-refractivity contribution is 0.601. The van der Waals surface area contributed by atoms with Crippen LogP contribution >= 0.6 is 0 Å². The first kappa shape index (κ1) is 16.7. The Morgan fingerprint density at radius 3 is 2.61 bits per heavy atom. The van der Waals surface area contributed by atoms with E-state index >= 15 is 0 Å². The summed E-state index contributed by atoms with van der Waals surface area (Å²) in [6.07, 6.45) is 1.77. The Morgan fingerprint density at radius 2 is 1.71 bits per heavy atom. The second-order valence-electron chi connectivity index (χ2n) is 7.19. The number of rotatable bonds is 2. The Labute approximate surface area is 162 Å². The monoisotopic (exact) mass is 367 g/mol. The number of hydrogen-bond donors (Lipinski definition) is 0. The zero-order valence-electron chi connectivity index (χ0n) is 15.7. The molecule has 0 radical (unpaired) electrons. The highest BCUT2D eigenvalue weighted by molar-refractivity contribution is 5.96. The van der Waals surface area contributed by atoms with Crippen LogP contribution < -0.4 is 0 Å². The van der Waals surface area contributed by atoms with Crippen LogP contribution in [0.1, 0.15) is 11.1 Å². The van der Waals surface area contributed by atoms with Crippen LogP contribution in [0.4, 0.5) is 4.39 Å². The van der Waals surface area contributed by atoms with Gasteiger partial charge in [0, 0.05) is 17.1 Å². The van der Waals surface area contributed by atoms with Crippen molar-refractivity contribution in [3.8, 4) is 22.6 Å². The van der Waals surface area contributed by atoms with Gasteiger partial charge in [-0.2, -0.15) is 0 Å². The van der Waals surface area contributed by atoms with E-state index in [0.717, 1.165) is 27.6 Å². The van der Waals surface area contributed by atoms with Gasteiger partial charge in [-0.25, -0.2) is 4.39 Å². The van der Waals surface area contributed by atoms with Crippen molar-refractivity contribution >= 4 is 21.7 Å². The number of hydrogen-bond acceptors (Lipinski definition) is 2. The number of furan rings is 1. The number of halogens is 1. The van der Waals surface area contributed by atoms with Crippen molar-refractivity contribution in [3.05, 3.63) is 89.9 Å². The maximum atomic E-state index is 14.4. The maximum Gasteiger partial charge on any atom is 0.161 e. The first-order chi connectivity index (χ1) is 13.6. The summed E-state index contributed by atoms with van der Waals surface area (Å²) >= 11 is 0. The summed E-state index contributed by atoms with van der Waals surface area (Å²) in [7, 11) is 0. The van der Waals surface area contributed by atoms with Gasteiger partial charge in [0.05, 0.1) is 5.56 Å². The summed E-state index contributed by atoms with van der Waals surface area (Å²) in [4.78, 5) is 4.58. The lowest BCUT2D eigenvalue weighted by Crippen LogP contribution is -1.87. The molecule has 28 heavy (non-hydrogen) atoms. The van der Waals surface area contributed by atoms with E-state index in [2.05, 4.69) is 36.2 Å². The van der Waals surface area contributed by atoms with Crippen LogP contribution in [-0.4, -0.2) is 4.98 Å². The van der Waals surface area contributed by atoms with Crippen LogP contribution in [0.25, 0.3) is 44.3 Å². The van der Waals surface area contributed by atoms with E-state index in [1.807, 2.05) is 31.2 Å². The average Bonchev–Trinajstić information content (AvgIpc) is 3.14. The fourth-order valence-electron chi connectivity index (χ4n) is 3.77. The fourth-order valence-corrected chi connectivity index (χ4v) is 3.77. The van der Waals surface area contributed by atoms with Gasteiger partial charge in [-0.1, -0.05) is 35.9 Å². The van der Waals surface area contributed by atoms with Crippen LogP contribution in [0, 0.1) is 19.7 Å². The lowest BCUT2D eigenvalue weighted by atomic mass is 9.99. The second-order valence-corrected chi connectivity index (χ2v) is 7.19. The predicted molar refractivity (Wildman–Crippen MR) is 112 cm³/mol. The van der Waals surface area contributed by atoms with Crippen molar-refractivity contribution in [3.63, 3.8) is 0 Å². The number of fused-ring (bicyclic) bond motifs is 2. The van der Waals surface area contributed by atoms with Crippen LogP contribution in [-0.2, 0) is 0 Å². The summed E-state index contributed by atoms with van der Waals surface area (Å²) in [6.45, 7) is 4.04. The average molecular weight is 367 g/mol. The van der Waals surface area contributed by atoms with E-state index < -0.39 is 0 Å². The first-order valence-electron chi connectivity index (χ1n) is 9.25. The molecule has 0 N–H and O–H groups in total. The minimum Gasteiger partial charge on any atom is -0.454 e. The molecule has 0 saturated heterocycles. The summed E-state index contributed by atoms with van der Waals surface area (Å²) in [5.74, 6) is 0.226. The van der Waals surface area contributed by atoms with Crippen molar-refractivity contribution in [2.75, 3.05) is 0 Å². The molecule has 0 unspecified atom stereocenters. The quantitative estimate of drug-likeness (QED) is 0.333. The van der Waals surface area contributed by atoms with Crippen LogP contribution in [0.3, 0.4) is 0 Å². The van der Waals surface area contributed by atoms with E-state index in [1.165, 1.54) is 17.0 Å². The Hall–Kier alpha value is -3.46. The number of benzene rings is 3. The topological polar surface area (TPSA) is 26.0 Å². The maximum absolute atomic E-state index is 14.4. The molecule has 0 bridgehead atoms. The molecule has 136 valence electrons. The van der Waals surface area contributed by atoms with Crippen LogP contribution in [0.15, 0.2) is 77.3 Å². The molecule has 0 saturated carbocycles. The number of aryl methyl sites for hydroxylation is 2. The zero-order chi connectivity index (χ0) is 19.3. The highest BCUT2D eigenvalue weighted by Gasteiger charge is 2.16. The highest BCUT2D eigenvalue weighted by Crippen LogP contribution is 2.36. The van der Waals surface area contributed by atoms with Crippen molar-refractivity contribution in [1.29, 1.82) is 0 Å². The predicted octanol–water partition coefficient (Wildman–Crippen LogP) is 7.07. The Bertz CT molecular complexity index is 1350. The Kier molecular flexibility index (Phi) is 3.76. The summed E-state index contributed by atoms with van der Waals surface area (Å²) in [6, 6.07) is 21.4. The third kappa shape index (κ3) is 2.67. The summed E-state index contributed by atoms with van der Waals surface area (Å²) in [5.41, 5.74) is 5.08. The van der Waals surface area contributed by atoms with Gasteiger partial charge in [-0.3, -0.25) is 4.98 Å². The second kappa shape index (κ2) is 6.31. The summed E-state index contributed by atoms with van der Waals surface area (Å²) in [5, 5.41) is 3.29. The molecule has 2 aromatic heterocycles. The molecule has 0 spiro atoms. The molecule has 2 heterocycles. The first-order valence-corrected chi connectivity index (χ1v) is 9.25. The van der Waals surface area contributed by atoms with Crippen molar-refractivity contribution < 1.29 is 8.81 Å². The van der Waals surface area contributed by atoms with Gasteiger partial charge < -0.3 is 4.42 Å². The van der Waals surface area contributed by atoms with Gasteiger partial charge in [0.15, 0.2) is 5.58 Å². The van der Waals surface area contributed by atoms with Crippen LogP contribution in [0.2, 0.25) is 0 Å². The minimum atomic E-state index is -0.291. The third-order valence-corrected chi connectivity index (χ3v) is 5.16. The van der Waals surface area contributed by atoms with Gasteiger partial charge in [0.2, 0.25) is 0 Å². The van der Waals surface area contributed by atoms with E-state index in [1.54, 1.807) is 18.3 Å². The van der Waals surface area contributed by atoms with Gasteiger partial charge in [-0.15, -0.1) is 0 Å². The zero-order valence-corrected chi connectivity index (χ0v) is 15.7. The molecule has 0 atom stereocenters. The molecule has 0 aliphatic carbocycles. The molecule has 0 aliphatic rings. The molecule has 0 aliphatic heterocycles. The van der Waals surface area contributed by atoms with Gasteiger partial charge in [-0.05, 0) is 66.6 Å². The molecule has 0 amide bonds. The van der Waals surface area contributed by atoms with E-state index in [4.69, 9.17) is 4.42 Å². The minimum absolute atomic E-state index is 0.291. The van der Waals surface area contributed by atoms with E-state index in [0.29, 0.717) is 16.9 Å². The largest absolute Gasteiger partial charge is 0.454 e. The number of pyridine rings is 1. The molecule has 3 heteroatoms. The van der Waals surface area contributed by atoms with Gasteiger partial charge in [0.1, 0.15) is 17.3 Å². The van der Waals surface area contributed by atoms with Crippen molar-refractivity contribution in [2.45, 2.75) is 13.8 Å². The van der Waals surface area contributed by atoms with Gasteiger partial charge in [0.25, 0.3) is 0 Å².